The first-order valence-corrected chi connectivity index (χ1v) is 12.2. The number of carbonyl (C=O) groups excluding carboxylic acids is 2. The van der Waals surface area contributed by atoms with E-state index in [1.807, 2.05) is 0 Å². The molecule has 1 aromatic heterocycles. The predicted molar refractivity (Wildman–Crippen MR) is 127 cm³/mol. The zero-order chi connectivity index (χ0) is 24.8. The van der Waals surface area contributed by atoms with Crippen LogP contribution in [0.3, 0.4) is 0 Å². The lowest BCUT2D eigenvalue weighted by molar-refractivity contribution is 0.0348. The van der Waals surface area contributed by atoms with E-state index in [2.05, 4.69) is 16.5 Å². The lowest BCUT2D eigenvalue weighted by atomic mass is 9.88. The zero-order valence-corrected chi connectivity index (χ0v) is 19.7. The Balaban J connectivity index is 1.43. The van der Waals surface area contributed by atoms with Gasteiger partial charge in [-0.25, -0.2) is 9.18 Å². The number of hydrogen-bond acceptors (Lipinski definition) is 6. The number of nitrogens with one attached hydrogen (secondary N) is 1. The molecule has 3 N–H and O–H groups in total. The van der Waals surface area contributed by atoms with E-state index in [1.54, 1.807) is 15.8 Å². The van der Waals surface area contributed by atoms with Crippen LogP contribution in [0.25, 0.3) is 0 Å². The second-order valence-corrected chi connectivity index (χ2v) is 9.27. The van der Waals surface area contributed by atoms with E-state index in [1.165, 1.54) is 30.7 Å². The van der Waals surface area contributed by atoms with Crippen LogP contribution in [0.1, 0.15) is 67.8 Å². The number of piperidine rings is 1. The van der Waals surface area contributed by atoms with Crippen LogP contribution in [0.4, 0.5) is 20.7 Å². The van der Waals surface area contributed by atoms with Gasteiger partial charge in [0.2, 0.25) is 0 Å². The first-order valence-electron chi connectivity index (χ1n) is 12.2. The number of benzene rings is 1. The molecule has 1 atom stereocenters. The van der Waals surface area contributed by atoms with Gasteiger partial charge in [-0.2, -0.15) is 10.4 Å². The average Bonchev–Trinajstić information content (AvgIpc) is 3.28. The molecule has 1 aliphatic carbocycles. The van der Waals surface area contributed by atoms with E-state index in [-0.39, 0.29) is 47.8 Å². The van der Waals surface area contributed by atoms with Crippen LogP contribution in [-0.4, -0.2) is 45.9 Å². The first kappa shape index (κ1) is 24.5. The molecule has 2 aliphatic rings. The summed E-state index contributed by atoms with van der Waals surface area (Å²) in [6, 6.07) is 7.61. The standard InChI is InChI=1S/C25H31FN6O3/c26-18-6-8-19(9-7-18)29-24-21(23(28)33)16-32(30-24)22(10-13-27)17-11-14-31(15-12-17)25(34)35-20-4-2-1-3-5-20/h6-9,16-17,20,22H,1-5,10-12,14-15H2,(H2,28,33)(H,29,30)/t22-/m1/s1. The zero-order valence-electron chi connectivity index (χ0n) is 19.7. The molecule has 1 saturated carbocycles. The maximum Gasteiger partial charge on any atom is 0.410 e. The number of aromatic nitrogens is 2. The number of nitrogens with two attached hydrogens (primary N) is 1. The summed E-state index contributed by atoms with van der Waals surface area (Å²) in [5.74, 6) is -0.690. The minimum absolute atomic E-state index is 0.0173. The fourth-order valence-corrected chi connectivity index (χ4v) is 4.94. The minimum atomic E-state index is -0.656. The molecule has 2 amide bonds. The van der Waals surface area contributed by atoms with E-state index in [0.29, 0.717) is 31.6 Å². The van der Waals surface area contributed by atoms with Gasteiger partial charge in [0.1, 0.15) is 17.5 Å². The molecule has 10 heteroatoms. The van der Waals surface area contributed by atoms with Gasteiger partial charge in [-0.1, -0.05) is 6.42 Å². The summed E-state index contributed by atoms with van der Waals surface area (Å²) in [4.78, 5) is 26.4. The molecule has 1 aliphatic heterocycles. The Hall–Kier alpha value is -3.61. The van der Waals surface area contributed by atoms with Crippen molar-refractivity contribution < 1.29 is 18.7 Å². The van der Waals surface area contributed by atoms with E-state index < -0.39 is 5.91 Å². The number of carbonyl (C=O) groups is 2. The molecule has 0 unspecified atom stereocenters. The summed E-state index contributed by atoms with van der Waals surface area (Å²) >= 11 is 0. The highest BCUT2D eigenvalue weighted by molar-refractivity contribution is 5.98. The van der Waals surface area contributed by atoms with Gasteiger partial charge in [0, 0.05) is 25.0 Å². The summed E-state index contributed by atoms with van der Waals surface area (Å²) in [7, 11) is 0. The van der Waals surface area contributed by atoms with E-state index in [4.69, 9.17) is 10.5 Å². The number of likely N-dealkylation sites (tertiary alicyclic amines) is 1. The average molecular weight is 483 g/mol. The molecule has 0 radical (unpaired) electrons. The van der Waals surface area contributed by atoms with Crippen molar-refractivity contribution in [3.63, 3.8) is 0 Å². The maximum absolute atomic E-state index is 13.2. The Labute approximate surface area is 204 Å². The number of halogens is 1. The molecule has 0 spiro atoms. The fourth-order valence-electron chi connectivity index (χ4n) is 4.94. The van der Waals surface area contributed by atoms with Gasteiger partial charge < -0.3 is 20.7 Å². The van der Waals surface area contributed by atoms with Crippen molar-refractivity contribution >= 4 is 23.5 Å². The summed E-state index contributed by atoms with van der Waals surface area (Å²) in [5.41, 5.74) is 6.31. The molecule has 4 rings (SSSR count). The quantitative estimate of drug-likeness (QED) is 0.598. The van der Waals surface area contributed by atoms with Crippen molar-refractivity contribution in [3.8, 4) is 6.07 Å². The molecule has 1 aromatic carbocycles. The molecule has 186 valence electrons. The van der Waals surface area contributed by atoms with Crippen LogP contribution in [0.2, 0.25) is 0 Å². The number of rotatable bonds is 7. The third-order valence-corrected chi connectivity index (χ3v) is 6.91. The molecular weight excluding hydrogens is 451 g/mol. The smallest absolute Gasteiger partial charge is 0.410 e. The minimum Gasteiger partial charge on any atom is -0.446 e. The largest absolute Gasteiger partial charge is 0.446 e. The van der Waals surface area contributed by atoms with Gasteiger partial charge in [-0.15, -0.1) is 0 Å². The molecule has 35 heavy (non-hydrogen) atoms. The fraction of sp³-hybridized carbons (Fsp3) is 0.520. The lowest BCUT2D eigenvalue weighted by Gasteiger charge is -2.36. The number of amides is 2. The first-order chi connectivity index (χ1) is 16.9. The Morgan fingerprint density at radius 2 is 1.86 bits per heavy atom. The second-order valence-electron chi connectivity index (χ2n) is 9.27. The molecule has 9 nitrogen and oxygen atoms in total. The van der Waals surface area contributed by atoms with Crippen molar-refractivity contribution in [1.82, 2.24) is 14.7 Å². The lowest BCUT2D eigenvalue weighted by Crippen LogP contribution is -2.42. The molecule has 2 fully saturated rings. The van der Waals surface area contributed by atoms with E-state index in [0.717, 1.165) is 25.7 Å². The van der Waals surface area contributed by atoms with Gasteiger partial charge in [0.05, 0.1) is 18.5 Å². The van der Waals surface area contributed by atoms with Gasteiger partial charge >= 0.3 is 6.09 Å². The summed E-state index contributed by atoms with van der Waals surface area (Å²) < 4.78 is 20.6. The highest BCUT2D eigenvalue weighted by atomic mass is 19.1. The Bertz CT molecular complexity index is 1070. The van der Waals surface area contributed by atoms with Crippen molar-refractivity contribution in [1.29, 1.82) is 5.26 Å². The van der Waals surface area contributed by atoms with E-state index in [9.17, 15) is 19.2 Å². The SMILES string of the molecule is N#CC[C@H](C1CCN(C(=O)OC2CCCCC2)CC1)n1cc(C(N)=O)c(Nc2ccc(F)cc2)n1. The second kappa shape index (κ2) is 11.2. The molecule has 1 saturated heterocycles. The highest BCUT2D eigenvalue weighted by Crippen LogP contribution is 2.33. The number of anilines is 2. The maximum atomic E-state index is 13.2. The summed E-state index contributed by atoms with van der Waals surface area (Å²) in [6.45, 7) is 1.09. The Kier molecular flexibility index (Phi) is 7.85. The van der Waals surface area contributed by atoms with Crippen molar-refractivity contribution in [2.24, 2.45) is 11.7 Å². The third kappa shape index (κ3) is 6.10. The number of hydrogen-bond donors (Lipinski definition) is 2. The number of primary amides is 1. The van der Waals surface area contributed by atoms with Crippen LogP contribution >= 0.6 is 0 Å². The van der Waals surface area contributed by atoms with Gasteiger partial charge in [0.25, 0.3) is 5.91 Å². The number of ether oxygens (including phenoxy) is 1. The van der Waals surface area contributed by atoms with Crippen LogP contribution in [0, 0.1) is 23.1 Å². The number of nitrogens with zero attached hydrogens (tertiary/aromatic N) is 4. The molecule has 0 bridgehead atoms. The Morgan fingerprint density at radius 3 is 2.49 bits per heavy atom. The van der Waals surface area contributed by atoms with Gasteiger partial charge in [-0.3, -0.25) is 9.48 Å². The van der Waals surface area contributed by atoms with Crippen LogP contribution in [-0.2, 0) is 4.74 Å². The normalized spacial score (nSPS) is 18.0. The highest BCUT2D eigenvalue weighted by Gasteiger charge is 2.32. The van der Waals surface area contributed by atoms with Gasteiger partial charge in [0.15, 0.2) is 5.82 Å². The Morgan fingerprint density at radius 1 is 1.17 bits per heavy atom. The van der Waals surface area contributed by atoms with Crippen molar-refractivity contribution in [2.45, 2.75) is 63.5 Å². The van der Waals surface area contributed by atoms with Crippen molar-refractivity contribution in [3.05, 3.63) is 41.8 Å². The molecular formula is C25H31FN6O3. The monoisotopic (exact) mass is 482 g/mol. The van der Waals surface area contributed by atoms with Crippen LogP contribution in [0.5, 0.6) is 0 Å². The summed E-state index contributed by atoms with van der Waals surface area (Å²) in [6.07, 6.45) is 8.17. The molecule has 2 aromatic rings. The van der Waals surface area contributed by atoms with Gasteiger partial charge in [-0.05, 0) is 68.7 Å². The molecule has 2 heterocycles. The third-order valence-electron chi connectivity index (χ3n) is 6.91. The number of nitriles is 1. The van der Waals surface area contributed by atoms with E-state index >= 15 is 0 Å². The van der Waals surface area contributed by atoms with Crippen molar-refractivity contribution in [2.75, 3.05) is 18.4 Å². The van der Waals surface area contributed by atoms with Crippen LogP contribution in [0.15, 0.2) is 30.5 Å². The van der Waals surface area contributed by atoms with Crippen LogP contribution < -0.4 is 11.1 Å². The predicted octanol–water partition coefficient (Wildman–Crippen LogP) is 4.50. The summed E-state index contributed by atoms with van der Waals surface area (Å²) in [5, 5.41) is 17.0. The topological polar surface area (TPSA) is 126 Å².